The highest BCUT2D eigenvalue weighted by Gasteiger charge is 2.55. The van der Waals surface area contributed by atoms with Crippen molar-refractivity contribution in [1.29, 1.82) is 0 Å². The van der Waals surface area contributed by atoms with E-state index in [0.717, 1.165) is 5.57 Å². The van der Waals surface area contributed by atoms with Gasteiger partial charge in [-0.1, -0.05) is 17.7 Å². The number of rotatable bonds is 2. The van der Waals surface area contributed by atoms with Crippen LogP contribution in [-0.4, -0.2) is 41.1 Å². The third-order valence-corrected chi connectivity index (χ3v) is 5.20. The second-order valence-corrected chi connectivity index (χ2v) is 7.32. The molecule has 0 spiro atoms. The molecule has 26 heavy (non-hydrogen) atoms. The van der Waals surface area contributed by atoms with Crippen LogP contribution >= 0.6 is 0 Å². The summed E-state index contributed by atoms with van der Waals surface area (Å²) >= 11 is 0. The van der Waals surface area contributed by atoms with Crippen molar-refractivity contribution >= 4 is 17.7 Å². The van der Waals surface area contributed by atoms with Crippen LogP contribution in [0.3, 0.4) is 0 Å². The predicted octanol–water partition coefficient (Wildman–Crippen LogP) is 1.80. The van der Waals surface area contributed by atoms with Crippen molar-refractivity contribution in [3.8, 4) is 0 Å². The van der Waals surface area contributed by atoms with Gasteiger partial charge in [-0.3, -0.25) is 4.79 Å². The monoisotopic (exact) mass is 358 g/mol. The average Bonchev–Trinajstić information content (AvgIpc) is 2.96. The summed E-state index contributed by atoms with van der Waals surface area (Å²) < 4.78 is 11.0. The topological polar surface area (TPSA) is 89.9 Å². The number of hydrogen-bond acceptors (Lipinski definition) is 6. The number of carbonyl (C=O) groups is 3. The third kappa shape index (κ3) is 2.74. The molecule has 3 aliphatic rings. The van der Waals surface area contributed by atoms with Gasteiger partial charge in [0.05, 0.1) is 12.0 Å². The van der Waals surface area contributed by atoms with Crippen molar-refractivity contribution in [2.24, 2.45) is 11.8 Å². The van der Waals surface area contributed by atoms with Crippen LogP contribution in [0.15, 0.2) is 46.6 Å². The molecule has 5 atom stereocenters. The van der Waals surface area contributed by atoms with Crippen molar-refractivity contribution in [1.82, 2.24) is 0 Å². The Kier molecular flexibility index (Phi) is 4.48. The molecule has 6 nitrogen and oxygen atoms in total. The van der Waals surface area contributed by atoms with Gasteiger partial charge in [-0.05, 0) is 39.3 Å². The zero-order valence-electron chi connectivity index (χ0n) is 15.2. The minimum Gasteiger partial charge on any atom is -0.454 e. The normalized spacial score (nSPS) is 33.2. The maximum Gasteiger partial charge on any atom is 0.334 e. The highest BCUT2D eigenvalue weighted by molar-refractivity contribution is 6.09. The fourth-order valence-electron chi connectivity index (χ4n) is 4.05. The molecular formula is C20H22O6. The third-order valence-electron chi connectivity index (χ3n) is 5.20. The largest absolute Gasteiger partial charge is 0.454 e. The summed E-state index contributed by atoms with van der Waals surface area (Å²) in [5, 5.41) is 10.9. The first kappa shape index (κ1) is 18.3. The van der Waals surface area contributed by atoms with E-state index in [2.05, 4.69) is 6.58 Å². The Balaban J connectivity index is 2.11. The lowest BCUT2D eigenvalue weighted by Gasteiger charge is -2.28. The zero-order chi connectivity index (χ0) is 19.3. The van der Waals surface area contributed by atoms with Gasteiger partial charge in [0.2, 0.25) is 0 Å². The zero-order valence-corrected chi connectivity index (χ0v) is 15.2. The summed E-state index contributed by atoms with van der Waals surface area (Å²) in [4.78, 5) is 36.7. The van der Waals surface area contributed by atoms with Gasteiger partial charge < -0.3 is 14.6 Å². The van der Waals surface area contributed by atoms with Crippen LogP contribution in [0.2, 0.25) is 0 Å². The van der Waals surface area contributed by atoms with Gasteiger partial charge in [0.15, 0.2) is 18.0 Å². The van der Waals surface area contributed by atoms with Crippen LogP contribution in [0.4, 0.5) is 0 Å². The first-order chi connectivity index (χ1) is 12.1. The lowest BCUT2D eigenvalue weighted by molar-refractivity contribution is -0.156. The Hall–Kier alpha value is -2.47. The molecule has 1 aliphatic heterocycles. The Bertz CT molecular complexity index is 808. The van der Waals surface area contributed by atoms with Crippen LogP contribution in [0.1, 0.15) is 27.7 Å². The second-order valence-electron chi connectivity index (χ2n) is 7.32. The molecule has 0 aromatic carbocycles. The second kappa shape index (κ2) is 6.36. The Morgan fingerprint density at radius 2 is 1.96 bits per heavy atom. The molecule has 1 saturated heterocycles. The molecule has 138 valence electrons. The van der Waals surface area contributed by atoms with Crippen molar-refractivity contribution in [3.05, 3.63) is 46.6 Å². The number of esters is 2. The molecule has 0 saturated carbocycles. The number of carbonyl (C=O) groups excluding carboxylic acids is 3. The summed E-state index contributed by atoms with van der Waals surface area (Å²) in [5.41, 5.74) is 2.50. The summed E-state index contributed by atoms with van der Waals surface area (Å²) in [6, 6.07) is 0. The molecule has 1 heterocycles. The molecule has 1 N–H and O–H groups in total. The minimum absolute atomic E-state index is 0.131. The minimum atomic E-state index is -1.06. The summed E-state index contributed by atoms with van der Waals surface area (Å²) in [6.07, 6.45) is -0.110. The molecule has 0 radical (unpaired) electrons. The first-order valence-corrected chi connectivity index (χ1v) is 8.50. The molecule has 3 rings (SSSR count). The van der Waals surface area contributed by atoms with Gasteiger partial charge in [0.1, 0.15) is 0 Å². The Labute approximate surface area is 151 Å². The lowest BCUT2D eigenvalue weighted by Crippen LogP contribution is -2.40. The van der Waals surface area contributed by atoms with Crippen LogP contribution in [0, 0.1) is 11.8 Å². The van der Waals surface area contributed by atoms with E-state index in [-0.39, 0.29) is 11.4 Å². The van der Waals surface area contributed by atoms with Crippen molar-refractivity contribution < 1.29 is 29.0 Å². The van der Waals surface area contributed by atoms with E-state index in [1.165, 1.54) is 12.2 Å². The lowest BCUT2D eigenvalue weighted by atomic mass is 9.81. The fraction of sp³-hybridized carbons (Fsp3) is 0.450. The van der Waals surface area contributed by atoms with Crippen LogP contribution < -0.4 is 0 Å². The van der Waals surface area contributed by atoms with Gasteiger partial charge >= 0.3 is 11.9 Å². The van der Waals surface area contributed by atoms with Gasteiger partial charge in [0.25, 0.3) is 0 Å². The quantitative estimate of drug-likeness (QED) is 0.598. The van der Waals surface area contributed by atoms with Gasteiger partial charge in [-0.25, -0.2) is 9.59 Å². The molecule has 0 bridgehead atoms. The maximum atomic E-state index is 12.5. The highest BCUT2D eigenvalue weighted by Crippen LogP contribution is 2.47. The van der Waals surface area contributed by atoms with Crippen molar-refractivity contribution in [2.45, 2.75) is 46.0 Å². The summed E-state index contributed by atoms with van der Waals surface area (Å²) in [7, 11) is 0. The fourth-order valence-corrected chi connectivity index (χ4v) is 4.05. The van der Waals surface area contributed by atoms with Crippen molar-refractivity contribution in [3.63, 3.8) is 0 Å². The molecule has 0 unspecified atom stereocenters. The van der Waals surface area contributed by atoms with Crippen LogP contribution in [-0.2, 0) is 23.9 Å². The van der Waals surface area contributed by atoms with E-state index < -0.39 is 42.1 Å². The number of ketones is 1. The van der Waals surface area contributed by atoms with E-state index in [9.17, 15) is 19.5 Å². The smallest absolute Gasteiger partial charge is 0.334 e. The highest BCUT2D eigenvalue weighted by atomic mass is 16.6. The summed E-state index contributed by atoms with van der Waals surface area (Å²) in [6.45, 7) is 10.7. The van der Waals surface area contributed by atoms with Crippen LogP contribution in [0.5, 0.6) is 0 Å². The maximum absolute atomic E-state index is 12.5. The molecule has 0 aromatic rings. The van der Waals surface area contributed by atoms with Gasteiger partial charge in [0, 0.05) is 23.1 Å². The number of aliphatic hydroxyl groups excluding tert-OH is 1. The van der Waals surface area contributed by atoms with E-state index in [1.54, 1.807) is 27.7 Å². The van der Waals surface area contributed by atoms with E-state index in [0.29, 0.717) is 16.7 Å². The van der Waals surface area contributed by atoms with E-state index >= 15 is 0 Å². The molecular weight excluding hydrogens is 336 g/mol. The number of ether oxygens (including phenoxy) is 2. The number of hydrogen-bond donors (Lipinski definition) is 1. The molecule has 2 aliphatic carbocycles. The number of aliphatic hydroxyl groups is 1. The van der Waals surface area contributed by atoms with Gasteiger partial charge in [-0.2, -0.15) is 0 Å². The van der Waals surface area contributed by atoms with Crippen LogP contribution in [0.25, 0.3) is 0 Å². The number of allylic oxidation sites excluding steroid dienone is 2. The predicted molar refractivity (Wildman–Crippen MR) is 92.8 cm³/mol. The standard InChI is InChI=1S/C20H22O6/c1-8(2)6-13(22)25-18-10(4)15-12(21)7-9(3)14(15)17(23)16-11(5)20(24)26-19(16)18/h6-7,14,16-19,23H,5H2,1-4H3/t14-,16+,17+,18+,19-/m0/s1. The summed E-state index contributed by atoms with van der Waals surface area (Å²) in [5.74, 6) is -2.74. The molecule has 0 amide bonds. The van der Waals surface area contributed by atoms with Gasteiger partial charge in [-0.15, -0.1) is 0 Å². The number of fused-ring (bicyclic) bond motifs is 2. The first-order valence-electron chi connectivity index (χ1n) is 8.50. The molecule has 6 heteroatoms. The van der Waals surface area contributed by atoms with Crippen molar-refractivity contribution in [2.75, 3.05) is 0 Å². The molecule has 0 aromatic heterocycles. The molecule has 1 fully saturated rings. The van der Waals surface area contributed by atoms with E-state index in [4.69, 9.17) is 9.47 Å². The Morgan fingerprint density at radius 1 is 1.31 bits per heavy atom. The SMILES string of the molecule is C=C1C(=O)O[C@H]2[C@H]1[C@H](O)[C@H]1C(C)=CC(=O)C1=C(C)[C@H]2OC(=O)C=C(C)C. The Morgan fingerprint density at radius 3 is 2.58 bits per heavy atom. The average molecular weight is 358 g/mol. The van der Waals surface area contributed by atoms with E-state index in [1.807, 2.05) is 0 Å².